The van der Waals surface area contributed by atoms with Crippen LogP contribution in [-0.2, 0) is 4.74 Å². The Morgan fingerprint density at radius 3 is 2.50 bits per heavy atom. The number of aliphatic imine (C=N–C) groups is 1. The zero-order valence-electron chi connectivity index (χ0n) is 11.8. The maximum atomic E-state index is 12.7. The number of ether oxygens (including phenoxy) is 1. The highest BCUT2D eigenvalue weighted by Crippen LogP contribution is 2.23. The molecule has 0 fully saturated rings. The summed E-state index contributed by atoms with van der Waals surface area (Å²) in [5.74, 6) is 0. The van der Waals surface area contributed by atoms with Crippen LogP contribution in [0.3, 0.4) is 0 Å². The Balaban J connectivity index is 3.03. The van der Waals surface area contributed by atoms with Crippen molar-refractivity contribution in [2.75, 3.05) is 0 Å². The van der Waals surface area contributed by atoms with Crippen LogP contribution in [0.25, 0.3) is 0 Å². The van der Waals surface area contributed by atoms with E-state index in [1.165, 1.54) is 18.7 Å². The summed E-state index contributed by atoms with van der Waals surface area (Å²) in [6.45, 7) is 3.09. The van der Waals surface area contributed by atoms with Crippen molar-refractivity contribution in [3.05, 3.63) is 30.1 Å². The highest BCUT2D eigenvalue weighted by molar-refractivity contribution is 5.87. The van der Waals surface area contributed by atoms with Gasteiger partial charge in [-0.1, -0.05) is 0 Å². The number of nitrogens with one attached hydrogen (secondary N) is 1. The molecule has 0 unspecified atom stereocenters. The summed E-state index contributed by atoms with van der Waals surface area (Å²) >= 11 is 0. The Labute approximate surface area is 124 Å². The van der Waals surface area contributed by atoms with Crippen molar-refractivity contribution in [3.63, 3.8) is 0 Å². The van der Waals surface area contributed by atoms with Gasteiger partial charge in [-0.15, -0.1) is 0 Å². The van der Waals surface area contributed by atoms with Gasteiger partial charge in [-0.05, 0) is 13.8 Å². The quantitative estimate of drug-likeness (QED) is 0.827. The Bertz CT molecular complexity index is 570. The summed E-state index contributed by atoms with van der Waals surface area (Å²) in [6.07, 6.45) is -1.88. The van der Waals surface area contributed by atoms with Crippen molar-refractivity contribution < 1.29 is 22.7 Å². The SMILES string of the molecule is CC(C)OC(=O)NC(C=Nc1cncnc1)=C(N)C(F)(F)F. The number of alkyl carbamates (subject to hydrolysis) is 1. The summed E-state index contributed by atoms with van der Waals surface area (Å²) < 4.78 is 42.7. The lowest BCUT2D eigenvalue weighted by atomic mass is 10.3. The maximum Gasteiger partial charge on any atom is 0.432 e. The third kappa shape index (κ3) is 5.77. The van der Waals surface area contributed by atoms with Gasteiger partial charge < -0.3 is 10.5 Å². The van der Waals surface area contributed by atoms with Crippen LogP contribution in [0.2, 0.25) is 0 Å². The molecule has 0 saturated heterocycles. The first kappa shape index (κ1) is 17.4. The number of hydrogen-bond donors (Lipinski definition) is 2. The number of alkyl halides is 3. The van der Waals surface area contributed by atoms with Gasteiger partial charge in [0.15, 0.2) is 0 Å². The second-order valence-electron chi connectivity index (χ2n) is 4.26. The number of carbonyl (C=O) groups excluding carboxylic acids is 1. The van der Waals surface area contributed by atoms with Crippen LogP contribution in [-0.4, -0.2) is 34.6 Å². The molecule has 0 saturated carbocycles. The number of hydrogen-bond acceptors (Lipinski definition) is 6. The molecule has 0 bridgehead atoms. The first-order valence-electron chi connectivity index (χ1n) is 6.03. The number of nitrogens with two attached hydrogens (primary N) is 1. The average Bonchev–Trinajstić information content (AvgIpc) is 2.42. The standard InChI is InChI=1S/C12H14F3N5O2/c1-7(2)22-11(21)20-9(10(16)12(13,14)15)5-19-8-3-17-6-18-4-8/h3-7H,16H2,1-2H3,(H,20,21). The lowest BCUT2D eigenvalue weighted by Gasteiger charge is -2.13. The van der Waals surface area contributed by atoms with Crippen molar-refractivity contribution in [2.24, 2.45) is 10.7 Å². The van der Waals surface area contributed by atoms with Crippen molar-refractivity contribution in [1.29, 1.82) is 0 Å². The summed E-state index contributed by atoms with van der Waals surface area (Å²) in [7, 11) is 0. The Kier molecular flexibility index (Phi) is 5.84. The average molecular weight is 317 g/mol. The number of amides is 1. The molecule has 1 amide bonds. The summed E-state index contributed by atoms with van der Waals surface area (Å²) in [5, 5.41) is 1.91. The molecule has 0 aliphatic rings. The van der Waals surface area contributed by atoms with Crippen LogP contribution < -0.4 is 11.1 Å². The normalized spacial score (nSPS) is 13.2. The zero-order chi connectivity index (χ0) is 16.8. The minimum absolute atomic E-state index is 0.189. The Hall–Kier alpha value is -2.65. The monoisotopic (exact) mass is 317 g/mol. The largest absolute Gasteiger partial charge is 0.447 e. The molecule has 10 heteroatoms. The number of aromatic nitrogens is 2. The van der Waals surface area contributed by atoms with E-state index >= 15 is 0 Å². The topological polar surface area (TPSA) is 102 Å². The summed E-state index contributed by atoms with van der Waals surface area (Å²) in [4.78, 5) is 22.4. The minimum atomic E-state index is -4.83. The molecule has 1 aromatic rings. The predicted octanol–water partition coefficient (Wildman–Crippen LogP) is 2.05. The first-order valence-corrected chi connectivity index (χ1v) is 6.03. The minimum Gasteiger partial charge on any atom is -0.447 e. The molecule has 0 aliphatic heterocycles. The first-order chi connectivity index (χ1) is 10.2. The Morgan fingerprint density at radius 2 is 2.00 bits per heavy atom. The van der Waals surface area contributed by atoms with Gasteiger partial charge in [0.2, 0.25) is 0 Å². The molecule has 0 aromatic carbocycles. The van der Waals surface area contributed by atoms with Gasteiger partial charge in [-0.3, -0.25) is 10.3 Å². The fourth-order valence-corrected chi connectivity index (χ4v) is 1.17. The van der Waals surface area contributed by atoms with Crippen molar-refractivity contribution in [2.45, 2.75) is 26.1 Å². The summed E-state index contributed by atoms with van der Waals surface area (Å²) in [5.41, 5.74) is 2.95. The van der Waals surface area contributed by atoms with Gasteiger partial charge in [0.25, 0.3) is 0 Å². The number of carbonyl (C=O) groups is 1. The van der Waals surface area contributed by atoms with E-state index in [4.69, 9.17) is 10.5 Å². The number of rotatable bonds is 4. The van der Waals surface area contributed by atoms with Crippen molar-refractivity contribution in [1.82, 2.24) is 15.3 Å². The second kappa shape index (κ2) is 7.38. The van der Waals surface area contributed by atoms with Gasteiger partial charge in [0, 0.05) is 0 Å². The van der Waals surface area contributed by atoms with E-state index in [2.05, 4.69) is 15.0 Å². The molecule has 1 heterocycles. The molecule has 0 radical (unpaired) electrons. The van der Waals surface area contributed by atoms with Crippen LogP contribution >= 0.6 is 0 Å². The molecule has 22 heavy (non-hydrogen) atoms. The van der Waals surface area contributed by atoms with Crippen molar-refractivity contribution in [3.8, 4) is 0 Å². The highest BCUT2D eigenvalue weighted by atomic mass is 19.4. The number of nitrogens with zero attached hydrogens (tertiary/aromatic N) is 3. The van der Waals surface area contributed by atoms with E-state index in [1.54, 1.807) is 13.8 Å². The van der Waals surface area contributed by atoms with E-state index < -0.39 is 29.8 Å². The maximum absolute atomic E-state index is 12.7. The molecule has 0 aliphatic carbocycles. The Morgan fingerprint density at radius 1 is 1.41 bits per heavy atom. The molecule has 0 spiro atoms. The third-order valence-corrected chi connectivity index (χ3v) is 2.06. The van der Waals surface area contributed by atoms with Crippen LogP contribution in [0, 0.1) is 0 Å². The van der Waals surface area contributed by atoms with E-state index in [0.717, 1.165) is 6.21 Å². The molecular formula is C12H14F3N5O2. The molecule has 120 valence electrons. The zero-order valence-corrected chi connectivity index (χ0v) is 11.8. The van der Waals surface area contributed by atoms with E-state index in [1.807, 2.05) is 5.32 Å². The predicted molar refractivity (Wildman–Crippen MR) is 72.2 cm³/mol. The smallest absolute Gasteiger partial charge is 0.432 e. The summed E-state index contributed by atoms with van der Waals surface area (Å²) in [6, 6.07) is 0. The molecule has 1 aromatic heterocycles. The van der Waals surface area contributed by atoms with Crippen LogP contribution in [0.4, 0.5) is 23.7 Å². The molecule has 3 N–H and O–H groups in total. The fourth-order valence-electron chi connectivity index (χ4n) is 1.17. The third-order valence-electron chi connectivity index (χ3n) is 2.06. The van der Waals surface area contributed by atoms with Gasteiger partial charge in [-0.2, -0.15) is 13.2 Å². The number of allylic oxidation sites excluding steroid dienone is 2. The molecule has 0 atom stereocenters. The van der Waals surface area contributed by atoms with Gasteiger partial charge >= 0.3 is 12.3 Å². The molecule has 7 nitrogen and oxygen atoms in total. The van der Waals surface area contributed by atoms with E-state index in [0.29, 0.717) is 0 Å². The van der Waals surface area contributed by atoms with E-state index in [-0.39, 0.29) is 5.69 Å². The highest BCUT2D eigenvalue weighted by Gasteiger charge is 2.34. The fraction of sp³-hybridized carbons (Fsp3) is 0.333. The molecular weight excluding hydrogens is 303 g/mol. The lowest BCUT2D eigenvalue weighted by molar-refractivity contribution is -0.0933. The van der Waals surface area contributed by atoms with Crippen LogP contribution in [0.15, 0.2) is 35.1 Å². The van der Waals surface area contributed by atoms with Gasteiger partial charge in [-0.25, -0.2) is 14.8 Å². The number of halogens is 3. The van der Waals surface area contributed by atoms with Gasteiger partial charge in [0.1, 0.15) is 12.0 Å². The van der Waals surface area contributed by atoms with E-state index in [9.17, 15) is 18.0 Å². The van der Waals surface area contributed by atoms with Crippen LogP contribution in [0.5, 0.6) is 0 Å². The lowest BCUT2D eigenvalue weighted by Crippen LogP contribution is -2.33. The second-order valence-corrected chi connectivity index (χ2v) is 4.26. The van der Waals surface area contributed by atoms with Crippen LogP contribution in [0.1, 0.15) is 13.8 Å². The molecule has 1 rings (SSSR count). The van der Waals surface area contributed by atoms with Crippen molar-refractivity contribution >= 4 is 18.0 Å². The van der Waals surface area contributed by atoms with Gasteiger partial charge in [0.05, 0.1) is 36.1 Å².